The molecule has 2 unspecified atom stereocenters. The van der Waals surface area contributed by atoms with Crippen LogP contribution in [-0.2, 0) is 6.42 Å². The molecule has 0 saturated carbocycles. The van der Waals surface area contributed by atoms with Gasteiger partial charge < -0.3 is 24.6 Å². The van der Waals surface area contributed by atoms with Gasteiger partial charge in [0.15, 0.2) is 5.82 Å². The Kier molecular flexibility index (Phi) is 5.90. The van der Waals surface area contributed by atoms with Crippen molar-refractivity contribution in [2.45, 2.75) is 69.5 Å². The highest BCUT2D eigenvalue weighted by Crippen LogP contribution is 2.43. The average Bonchev–Trinajstić information content (AvgIpc) is 3.74. The summed E-state index contributed by atoms with van der Waals surface area (Å²) in [6.45, 7) is 6.52. The van der Waals surface area contributed by atoms with Gasteiger partial charge in [0.25, 0.3) is 0 Å². The van der Waals surface area contributed by atoms with Gasteiger partial charge in [-0.25, -0.2) is 4.39 Å². The quantitative estimate of drug-likeness (QED) is 0.326. The topological polar surface area (TPSA) is 86.9 Å². The Balaban J connectivity index is 1.28. The van der Waals surface area contributed by atoms with E-state index in [1.54, 1.807) is 18.2 Å². The number of aromatic nitrogens is 2. The standard InChI is InChI=1S/C32H36FN5O3/c1-2-23-26(33)8-5-19-13-22(39)14-24(28(19)23)29-25-15-27(40-18-32-9-3-11-38(32)12-4-10-32)35-31(30(25)41-36-29)37-16-20-6-7-21(17-37)34-20/h5,8,13-15,20-21,34,39H,2-4,6-7,9-12,16-18H2,1H3. The normalized spacial score (nSPS) is 23.6. The van der Waals surface area contributed by atoms with Gasteiger partial charge in [-0.1, -0.05) is 18.1 Å². The van der Waals surface area contributed by atoms with Crippen molar-refractivity contribution in [1.82, 2.24) is 20.4 Å². The lowest BCUT2D eigenvalue weighted by Gasteiger charge is -2.34. The van der Waals surface area contributed by atoms with Crippen LogP contribution in [0.1, 0.15) is 51.0 Å². The number of anilines is 1. The maximum Gasteiger partial charge on any atom is 0.216 e. The largest absolute Gasteiger partial charge is 0.508 e. The third kappa shape index (κ3) is 4.07. The minimum absolute atomic E-state index is 0.0946. The number of phenolic OH excluding ortho intramolecular Hbond substituents is 1. The summed E-state index contributed by atoms with van der Waals surface area (Å²) in [7, 11) is 0. The SMILES string of the molecule is CCc1c(F)ccc2cc(O)cc(-c3noc4c(N5CC6CCC(C5)N6)nc(OCC56CCCN5CCC6)cc34)c12. The Bertz CT molecular complexity index is 1630. The minimum Gasteiger partial charge on any atom is -0.508 e. The number of benzene rings is 2. The van der Waals surface area contributed by atoms with E-state index in [1.165, 1.54) is 18.9 Å². The Morgan fingerprint density at radius 2 is 1.90 bits per heavy atom. The third-order valence-electron chi connectivity index (χ3n) is 9.99. The zero-order chi connectivity index (χ0) is 27.7. The summed E-state index contributed by atoms with van der Waals surface area (Å²) in [5, 5.41) is 21.2. The molecule has 8 rings (SSSR count). The summed E-state index contributed by atoms with van der Waals surface area (Å²) in [6.07, 6.45) is 7.55. The van der Waals surface area contributed by atoms with Crippen molar-refractivity contribution >= 4 is 27.6 Å². The van der Waals surface area contributed by atoms with Crippen molar-refractivity contribution < 1.29 is 18.8 Å². The Labute approximate surface area is 238 Å². The van der Waals surface area contributed by atoms with E-state index in [2.05, 4.69) is 20.3 Å². The summed E-state index contributed by atoms with van der Waals surface area (Å²) in [5.74, 6) is 1.14. The maximum absolute atomic E-state index is 15.0. The van der Waals surface area contributed by atoms with Gasteiger partial charge in [-0.15, -0.1) is 0 Å². The number of nitrogens with one attached hydrogen (secondary N) is 1. The number of pyridine rings is 1. The van der Waals surface area contributed by atoms with E-state index in [1.807, 2.05) is 13.0 Å². The highest BCUT2D eigenvalue weighted by Gasteiger charge is 2.45. The van der Waals surface area contributed by atoms with E-state index >= 15 is 4.39 Å². The first-order chi connectivity index (χ1) is 20.0. The van der Waals surface area contributed by atoms with E-state index in [9.17, 15) is 5.11 Å². The van der Waals surface area contributed by atoms with Crippen LogP contribution in [0.2, 0.25) is 0 Å². The van der Waals surface area contributed by atoms with Gasteiger partial charge in [0, 0.05) is 36.8 Å². The predicted molar refractivity (Wildman–Crippen MR) is 156 cm³/mol. The molecule has 214 valence electrons. The molecular weight excluding hydrogens is 521 g/mol. The number of fused-ring (bicyclic) bond motifs is 5. The van der Waals surface area contributed by atoms with Gasteiger partial charge in [0.2, 0.25) is 11.5 Å². The maximum atomic E-state index is 15.0. The van der Waals surface area contributed by atoms with E-state index in [0.717, 1.165) is 73.8 Å². The highest BCUT2D eigenvalue weighted by molar-refractivity contribution is 6.07. The molecule has 2 bridgehead atoms. The fourth-order valence-corrected chi connectivity index (χ4v) is 8.06. The van der Waals surface area contributed by atoms with Crippen LogP contribution in [0.15, 0.2) is 34.9 Å². The first-order valence-corrected chi connectivity index (χ1v) is 15.1. The van der Waals surface area contributed by atoms with Crippen LogP contribution in [0.5, 0.6) is 11.6 Å². The molecule has 4 aromatic rings. The lowest BCUT2D eigenvalue weighted by atomic mass is 9.94. The number of aryl methyl sites for hydroxylation is 1. The molecule has 2 aromatic heterocycles. The predicted octanol–water partition coefficient (Wildman–Crippen LogP) is 5.40. The molecule has 2 aromatic carbocycles. The summed E-state index contributed by atoms with van der Waals surface area (Å²) < 4.78 is 27.6. The smallest absolute Gasteiger partial charge is 0.216 e. The second-order valence-corrected chi connectivity index (χ2v) is 12.4. The molecule has 2 N–H and O–H groups in total. The van der Waals surface area contributed by atoms with Gasteiger partial charge in [0.05, 0.1) is 10.9 Å². The van der Waals surface area contributed by atoms with Crippen molar-refractivity contribution in [3.05, 3.63) is 41.7 Å². The summed E-state index contributed by atoms with van der Waals surface area (Å²) in [5.41, 5.74) is 2.50. The number of hydrogen-bond donors (Lipinski definition) is 2. The van der Waals surface area contributed by atoms with Crippen molar-refractivity contribution in [3.63, 3.8) is 0 Å². The number of ether oxygens (including phenoxy) is 1. The molecular formula is C32H36FN5O3. The molecule has 2 atom stereocenters. The zero-order valence-electron chi connectivity index (χ0n) is 23.5. The lowest BCUT2D eigenvalue weighted by molar-refractivity contribution is 0.111. The number of piperazine rings is 1. The number of hydrogen-bond acceptors (Lipinski definition) is 8. The minimum atomic E-state index is -0.264. The average molecular weight is 558 g/mol. The number of phenols is 1. The van der Waals surface area contributed by atoms with E-state index in [-0.39, 0.29) is 17.1 Å². The number of rotatable bonds is 6. The second-order valence-electron chi connectivity index (χ2n) is 12.4. The Hall–Kier alpha value is -3.43. The molecule has 41 heavy (non-hydrogen) atoms. The fraction of sp³-hybridized carbons (Fsp3) is 0.500. The fourth-order valence-electron chi connectivity index (χ4n) is 8.06. The summed E-state index contributed by atoms with van der Waals surface area (Å²) >= 11 is 0. The summed E-state index contributed by atoms with van der Waals surface area (Å²) in [6, 6.07) is 9.28. The molecule has 0 radical (unpaired) electrons. The van der Waals surface area contributed by atoms with Gasteiger partial charge in [-0.05, 0) is 92.6 Å². The van der Waals surface area contributed by atoms with Crippen LogP contribution in [0.4, 0.5) is 10.2 Å². The molecule has 8 nitrogen and oxygen atoms in total. The van der Waals surface area contributed by atoms with Crippen molar-refractivity contribution in [2.24, 2.45) is 0 Å². The number of halogens is 1. The monoisotopic (exact) mass is 557 g/mol. The molecule has 0 amide bonds. The Morgan fingerprint density at radius 3 is 2.66 bits per heavy atom. The van der Waals surface area contributed by atoms with Gasteiger partial charge in [-0.3, -0.25) is 4.90 Å². The van der Waals surface area contributed by atoms with E-state index in [0.29, 0.717) is 53.4 Å². The molecule has 4 fully saturated rings. The summed E-state index contributed by atoms with van der Waals surface area (Å²) in [4.78, 5) is 9.93. The van der Waals surface area contributed by atoms with Gasteiger partial charge in [-0.2, -0.15) is 4.98 Å². The van der Waals surface area contributed by atoms with Crippen LogP contribution in [0.25, 0.3) is 33.0 Å². The van der Waals surface area contributed by atoms with Gasteiger partial charge >= 0.3 is 0 Å². The zero-order valence-corrected chi connectivity index (χ0v) is 23.5. The molecule has 4 saturated heterocycles. The van der Waals surface area contributed by atoms with Crippen LogP contribution in [0.3, 0.4) is 0 Å². The molecule has 4 aliphatic heterocycles. The van der Waals surface area contributed by atoms with Crippen LogP contribution >= 0.6 is 0 Å². The van der Waals surface area contributed by atoms with Crippen LogP contribution in [-0.4, -0.2) is 70.6 Å². The van der Waals surface area contributed by atoms with Crippen molar-refractivity contribution in [1.29, 1.82) is 0 Å². The lowest BCUT2D eigenvalue weighted by Crippen LogP contribution is -2.51. The van der Waals surface area contributed by atoms with Crippen molar-refractivity contribution in [3.8, 4) is 22.9 Å². The molecule has 9 heteroatoms. The number of nitrogens with zero attached hydrogens (tertiary/aromatic N) is 4. The molecule has 0 aliphatic carbocycles. The first-order valence-electron chi connectivity index (χ1n) is 15.1. The van der Waals surface area contributed by atoms with Crippen LogP contribution in [0, 0.1) is 5.82 Å². The molecule has 4 aliphatic rings. The van der Waals surface area contributed by atoms with E-state index < -0.39 is 0 Å². The first kappa shape index (κ1) is 25.3. The number of aromatic hydroxyl groups is 1. The van der Waals surface area contributed by atoms with Gasteiger partial charge in [0.1, 0.15) is 23.9 Å². The van der Waals surface area contributed by atoms with E-state index in [4.69, 9.17) is 14.2 Å². The molecule has 6 heterocycles. The third-order valence-corrected chi connectivity index (χ3v) is 9.99. The molecule has 0 spiro atoms. The second kappa shape index (κ2) is 9.56. The Morgan fingerprint density at radius 1 is 1.12 bits per heavy atom. The van der Waals surface area contributed by atoms with Crippen LogP contribution < -0.4 is 15.0 Å². The van der Waals surface area contributed by atoms with Crippen molar-refractivity contribution in [2.75, 3.05) is 37.7 Å². The highest BCUT2D eigenvalue weighted by atomic mass is 19.1.